The number of aromatic nitrogens is 1. The highest BCUT2D eigenvalue weighted by atomic mass is 79.9. The van der Waals surface area contributed by atoms with E-state index in [1.165, 1.54) is 19.1 Å². The third-order valence-electron chi connectivity index (χ3n) is 3.29. The first-order valence-electron chi connectivity index (χ1n) is 6.84. The molecule has 7 heteroatoms. The Morgan fingerprint density at radius 2 is 2.04 bits per heavy atom. The Morgan fingerprint density at radius 1 is 1.35 bits per heavy atom. The Kier molecular flexibility index (Phi) is 5.30. The van der Waals surface area contributed by atoms with Gasteiger partial charge in [-0.05, 0) is 31.5 Å². The first-order chi connectivity index (χ1) is 10.9. The fourth-order valence-electron chi connectivity index (χ4n) is 2.26. The molecule has 1 N–H and O–H groups in total. The molecule has 0 aliphatic heterocycles. The molecule has 23 heavy (non-hydrogen) atoms. The van der Waals surface area contributed by atoms with Crippen LogP contribution in [0, 0.1) is 6.92 Å². The van der Waals surface area contributed by atoms with E-state index in [1.807, 2.05) is 0 Å². The number of hydrogen-bond acceptors (Lipinski definition) is 3. The number of halogens is 3. The van der Waals surface area contributed by atoms with Gasteiger partial charge in [-0.3, -0.25) is 4.79 Å². The summed E-state index contributed by atoms with van der Waals surface area (Å²) in [6.45, 7) is 3.16. The number of nitrogens with one attached hydrogen (secondary N) is 1. The normalized spacial score (nSPS) is 10.9. The van der Waals surface area contributed by atoms with E-state index >= 15 is 0 Å². The predicted molar refractivity (Wildman–Crippen MR) is 84.0 cm³/mol. The van der Waals surface area contributed by atoms with Gasteiger partial charge in [-0.2, -0.15) is 0 Å². The number of carbonyl (C=O) groups excluding carboxylic acids is 2. The molecule has 2 aromatic rings. The second-order valence-corrected chi connectivity index (χ2v) is 5.69. The van der Waals surface area contributed by atoms with Crippen molar-refractivity contribution in [2.45, 2.75) is 20.3 Å². The molecule has 0 unspecified atom stereocenters. The van der Waals surface area contributed by atoms with E-state index < -0.39 is 23.9 Å². The standard InChI is InChI=1S/C16H14BrF2NO3/c1-3-23-16(22)12-8(2)11(13(20-12)15(18)19)14(21)9-5-4-6-10(17)7-9/h4-7,15,20H,3H2,1-2H3. The van der Waals surface area contributed by atoms with E-state index in [1.54, 1.807) is 19.1 Å². The van der Waals surface area contributed by atoms with Crippen LogP contribution in [-0.4, -0.2) is 23.3 Å². The van der Waals surface area contributed by atoms with E-state index in [0.29, 0.717) is 4.47 Å². The lowest BCUT2D eigenvalue weighted by Crippen LogP contribution is -2.08. The van der Waals surface area contributed by atoms with E-state index in [9.17, 15) is 18.4 Å². The van der Waals surface area contributed by atoms with E-state index in [2.05, 4.69) is 20.9 Å². The fourth-order valence-corrected chi connectivity index (χ4v) is 2.65. The summed E-state index contributed by atoms with van der Waals surface area (Å²) in [5.41, 5.74) is -0.486. The lowest BCUT2D eigenvalue weighted by atomic mass is 9.99. The molecule has 0 fully saturated rings. The van der Waals surface area contributed by atoms with E-state index in [4.69, 9.17) is 4.74 Å². The molecule has 0 aliphatic rings. The van der Waals surface area contributed by atoms with Gasteiger partial charge in [-0.25, -0.2) is 13.6 Å². The number of esters is 1. The van der Waals surface area contributed by atoms with Gasteiger partial charge < -0.3 is 9.72 Å². The van der Waals surface area contributed by atoms with Crippen LogP contribution < -0.4 is 0 Å². The molecule has 0 saturated carbocycles. The van der Waals surface area contributed by atoms with Crippen LogP contribution in [0.5, 0.6) is 0 Å². The second kappa shape index (κ2) is 7.04. The first kappa shape index (κ1) is 17.3. The Hall–Kier alpha value is -2.02. The molecule has 0 saturated heterocycles. The molecule has 0 radical (unpaired) electrons. The summed E-state index contributed by atoms with van der Waals surface area (Å²) in [5.74, 6) is -1.34. The van der Waals surface area contributed by atoms with Crippen molar-refractivity contribution >= 4 is 27.7 Å². The average Bonchev–Trinajstić information content (AvgIpc) is 2.84. The van der Waals surface area contributed by atoms with Crippen molar-refractivity contribution < 1.29 is 23.1 Å². The molecule has 1 aromatic heterocycles. The minimum atomic E-state index is -2.91. The molecular weight excluding hydrogens is 372 g/mol. The average molecular weight is 386 g/mol. The van der Waals surface area contributed by atoms with Crippen LogP contribution in [-0.2, 0) is 4.74 Å². The lowest BCUT2D eigenvalue weighted by molar-refractivity contribution is 0.0518. The predicted octanol–water partition coefficient (Wildman–Crippen LogP) is 4.43. The number of ketones is 1. The van der Waals surface area contributed by atoms with Gasteiger partial charge >= 0.3 is 5.97 Å². The van der Waals surface area contributed by atoms with Crippen LogP contribution in [0.2, 0.25) is 0 Å². The zero-order valence-corrected chi connectivity index (χ0v) is 14.0. The molecule has 4 nitrogen and oxygen atoms in total. The van der Waals surface area contributed by atoms with Crippen LogP contribution in [0.15, 0.2) is 28.7 Å². The number of carbonyl (C=O) groups is 2. The zero-order chi connectivity index (χ0) is 17.1. The summed E-state index contributed by atoms with van der Waals surface area (Å²) < 4.78 is 32.0. The van der Waals surface area contributed by atoms with Crippen molar-refractivity contribution in [2.75, 3.05) is 6.61 Å². The summed E-state index contributed by atoms with van der Waals surface area (Å²) in [7, 11) is 0. The van der Waals surface area contributed by atoms with Crippen molar-refractivity contribution in [3.8, 4) is 0 Å². The second-order valence-electron chi connectivity index (χ2n) is 4.77. The van der Waals surface area contributed by atoms with Crippen LogP contribution in [0.1, 0.15) is 51.0 Å². The largest absolute Gasteiger partial charge is 0.461 e. The SMILES string of the molecule is CCOC(=O)c1[nH]c(C(F)F)c(C(=O)c2cccc(Br)c2)c1C. The maximum absolute atomic E-state index is 13.3. The van der Waals surface area contributed by atoms with Crippen LogP contribution >= 0.6 is 15.9 Å². The molecule has 122 valence electrons. The van der Waals surface area contributed by atoms with Gasteiger partial charge in [0.25, 0.3) is 6.43 Å². The number of alkyl halides is 2. The van der Waals surface area contributed by atoms with Gasteiger partial charge in [-0.15, -0.1) is 0 Å². The van der Waals surface area contributed by atoms with Crippen LogP contribution in [0.3, 0.4) is 0 Å². The number of ether oxygens (including phenoxy) is 1. The molecule has 2 rings (SSSR count). The maximum atomic E-state index is 13.3. The highest BCUT2D eigenvalue weighted by Gasteiger charge is 2.29. The van der Waals surface area contributed by atoms with Crippen molar-refractivity contribution in [2.24, 2.45) is 0 Å². The van der Waals surface area contributed by atoms with E-state index in [0.717, 1.165) is 0 Å². The summed E-state index contributed by atoms with van der Waals surface area (Å²) in [6.07, 6.45) is -2.91. The van der Waals surface area contributed by atoms with Crippen LogP contribution in [0.25, 0.3) is 0 Å². The van der Waals surface area contributed by atoms with Gasteiger partial charge in [0.1, 0.15) is 5.69 Å². The van der Waals surface area contributed by atoms with Crippen molar-refractivity contribution in [3.63, 3.8) is 0 Å². The minimum absolute atomic E-state index is 0.107. The third-order valence-corrected chi connectivity index (χ3v) is 3.78. The molecule has 1 aromatic carbocycles. The monoisotopic (exact) mass is 385 g/mol. The summed E-state index contributed by atoms with van der Waals surface area (Å²) in [4.78, 5) is 26.8. The fraction of sp³-hybridized carbons (Fsp3) is 0.250. The number of H-pyrrole nitrogens is 1. The quantitative estimate of drug-likeness (QED) is 0.611. The molecular formula is C16H14BrF2NO3. The Morgan fingerprint density at radius 3 is 2.61 bits per heavy atom. The lowest BCUT2D eigenvalue weighted by Gasteiger charge is -2.05. The van der Waals surface area contributed by atoms with Gasteiger partial charge in [0.2, 0.25) is 0 Å². The van der Waals surface area contributed by atoms with Crippen molar-refractivity contribution in [3.05, 3.63) is 56.8 Å². The van der Waals surface area contributed by atoms with Crippen molar-refractivity contribution in [1.82, 2.24) is 4.98 Å². The zero-order valence-electron chi connectivity index (χ0n) is 12.5. The van der Waals surface area contributed by atoms with Gasteiger partial charge in [0, 0.05) is 10.0 Å². The number of rotatable bonds is 5. The van der Waals surface area contributed by atoms with Gasteiger partial charge in [-0.1, -0.05) is 28.1 Å². The molecule has 0 amide bonds. The Bertz CT molecular complexity index is 756. The topological polar surface area (TPSA) is 59.2 Å². The Labute approximate surface area is 140 Å². The summed E-state index contributed by atoms with van der Waals surface area (Å²) >= 11 is 3.24. The van der Waals surface area contributed by atoms with E-state index in [-0.39, 0.29) is 29.0 Å². The minimum Gasteiger partial charge on any atom is -0.461 e. The molecule has 1 heterocycles. The van der Waals surface area contributed by atoms with Gasteiger partial charge in [0.05, 0.1) is 17.9 Å². The van der Waals surface area contributed by atoms with Crippen LogP contribution in [0.4, 0.5) is 8.78 Å². The summed E-state index contributed by atoms with van der Waals surface area (Å²) in [5, 5.41) is 0. The smallest absolute Gasteiger partial charge is 0.355 e. The molecule has 0 bridgehead atoms. The number of benzene rings is 1. The Balaban J connectivity index is 2.56. The van der Waals surface area contributed by atoms with Gasteiger partial charge in [0.15, 0.2) is 5.78 Å². The van der Waals surface area contributed by atoms with Crippen molar-refractivity contribution in [1.29, 1.82) is 0 Å². The molecule has 0 atom stereocenters. The maximum Gasteiger partial charge on any atom is 0.355 e. The number of hydrogen-bond donors (Lipinski definition) is 1. The summed E-state index contributed by atoms with van der Waals surface area (Å²) in [6, 6.07) is 6.42. The molecule has 0 spiro atoms. The molecule has 0 aliphatic carbocycles. The highest BCUT2D eigenvalue weighted by molar-refractivity contribution is 9.10. The first-order valence-corrected chi connectivity index (χ1v) is 7.64. The number of aromatic amines is 1. The highest BCUT2D eigenvalue weighted by Crippen LogP contribution is 2.30. The third kappa shape index (κ3) is 3.50.